The number of carbonyl (C=O) groups is 2. The van der Waals surface area contributed by atoms with E-state index in [9.17, 15) is 19.1 Å². The summed E-state index contributed by atoms with van der Waals surface area (Å²) in [6.07, 6.45) is 5.51. The average Bonchev–Trinajstić information content (AvgIpc) is 2.62. The average molecular weight is 347 g/mol. The van der Waals surface area contributed by atoms with Crippen LogP contribution in [-0.2, 0) is 16.0 Å². The van der Waals surface area contributed by atoms with Gasteiger partial charge in [-0.15, -0.1) is 0 Å². The van der Waals surface area contributed by atoms with E-state index in [-0.39, 0.29) is 23.6 Å². The molecule has 25 heavy (non-hydrogen) atoms. The van der Waals surface area contributed by atoms with Crippen LogP contribution in [0.4, 0.5) is 4.39 Å². The van der Waals surface area contributed by atoms with Crippen LogP contribution in [0.3, 0.4) is 0 Å². The molecule has 1 amide bonds. The van der Waals surface area contributed by atoms with E-state index < -0.39 is 5.97 Å². The Balaban J connectivity index is 1.50. The number of piperidine rings is 1. The summed E-state index contributed by atoms with van der Waals surface area (Å²) >= 11 is 0. The van der Waals surface area contributed by atoms with E-state index in [4.69, 9.17) is 0 Å². The van der Waals surface area contributed by atoms with E-state index in [1.165, 1.54) is 6.07 Å². The lowest BCUT2D eigenvalue weighted by Crippen LogP contribution is -2.43. The monoisotopic (exact) mass is 347 g/mol. The third-order valence-corrected chi connectivity index (χ3v) is 5.71. The molecule has 1 aliphatic heterocycles. The molecule has 0 aromatic heterocycles. The van der Waals surface area contributed by atoms with E-state index in [1.807, 2.05) is 11.0 Å². The van der Waals surface area contributed by atoms with Crippen molar-refractivity contribution in [3.05, 3.63) is 35.6 Å². The highest BCUT2D eigenvalue weighted by atomic mass is 19.1. The zero-order valence-corrected chi connectivity index (χ0v) is 14.5. The lowest BCUT2D eigenvalue weighted by Gasteiger charge is -2.36. The van der Waals surface area contributed by atoms with Crippen molar-refractivity contribution in [2.24, 2.45) is 17.8 Å². The second-order valence-corrected chi connectivity index (χ2v) is 7.50. The van der Waals surface area contributed by atoms with Crippen molar-refractivity contribution in [1.29, 1.82) is 0 Å². The summed E-state index contributed by atoms with van der Waals surface area (Å²) in [5, 5.41) is 9.19. The first-order valence-corrected chi connectivity index (χ1v) is 9.29. The first kappa shape index (κ1) is 17.9. The SMILES string of the molecule is O=C(O)C1CCCC(C(=O)N2CCC(Cc3cccc(F)c3)CC2)C1. The van der Waals surface area contributed by atoms with Crippen molar-refractivity contribution in [1.82, 2.24) is 4.90 Å². The third-order valence-electron chi connectivity index (χ3n) is 5.71. The van der Waals surface area contributed by atoms with E-state index in [0.29, 0.717) is 18.8 Å². The van der Waals surface area contributed by atoms with Crippen LogP contribution in [0.2, 0.25) is 0 Å². The molecule has 0 bridgehead atoms. The number of carboxylic acid groups (broad SMARTS) is 1. The van der Waals surface area contributed by atoms with Gasteiger partial charge in [0.25, 0.3) is 0 Å². The van der Waals surface area contributed by atoms with Crippen LogP contribution in [-0.4, -0.2) is 35.0 Å². The highest BCUT2D eigenvalue weighted by molar-refractivity contribution is 5.80. The van der Waals surface area contributed by atoms with Gasteiger partial charge in [-0.3, -0.25) is 9.59 Å². The van der Waals surface area contributed by atoms with Gasteiger partial charge in [-0.25, -0.2) is 4.39 Å². The first-order chi connectivity index (χ1) is 12.0. The number of benzene rings is 1. The Bertz CT molecular complexity index is 625. The van der Waals surface area contributed by atoms with Gasteiger partial charge in [-0.05, 0) is 62.1 Å². The molecule has 0 radical (unpaired) electrons. The Hall–Kier alpha value is -1.91. The molecule has 3 rings (SSSR count). The molecule has 1 aromatic rings. The summed E-state index contributed by atoms with van der Waals surface area (Å²) in [5.74, 6) is -0.858. The van der Waals surface area contributed by atoms with Crippen LogP contribution in [0.15, 0.2) is 24.3 Å². The fraction of sp³-hybridized carbons (Fsp3) is 0.600. The molecule has 1 aromatic carbocycles. The van der Waals surface area contributed by atoms with Crippen molar-refractivity contribution in [3.63, 3.8) is 0 Å². The fourth-order valence-corrected chi connectivity index (χ4v) is 4.25. The normalized spacial score (nSPS) is 24.9. The number of hydrogen-bond acceptors (Lipinski definition) is 2. The highest BCUT2D eigenvalue weighted by Crippen LogP contribution is 2.32. The lowest BCUT2D eigenvalue weighted by molar-refractivity contribution is -0.145. The van der Waals surface area contributed by atoms with E-state index in [2.05, 4.69) is 0 Å². The molecular weight excluding hydrogens is 321 g/mol. The maximum absolute atomic E-state index is 13.3. The number of halogens is 1. The van der Waals surface area contributed by atoms with E-state index >= 15 is 0 Å². The molecule has 2 fully saturated rings. The summed E-state index contributed by atoms with van der Waals surface area (Å²) in [5.41, 5.74) is 1.02. The zero-order valence-electron chi connectivity index (χ0n) is 14.5. The molecule has 5 heteroatoms. The standard InChI is InChI=1S/C20H26FNO3/c21-18-6-1-3-15(12-18)11-14-7-9-22(10-8-14)19(23)16-4-2-5-17(13-16)20(24)25/h1,3,6,12,14,16-17H,2,4-5,7-11,13H2,(H,24,25). The third kappa shape index (κ3) is 4.59. The largest absolute Gasteiger partial charge is 0.481 e. The molecule has 1 aliphatic carbocycles. The van der Waals surface area contributed by atoms with Crippen molar-refractivity contribution in [3.8, 4) is 0 Å². The number of hydrogen-bond donors (Lipinski definition) is 1. The summed E-state index contributed by atoms with van der Waals surface area (Å²) in [4.78, 5) is 25.8. The number of aliphatic carboxylic acids is 1. The van der Waals surface area contributed by atoms with Gasteiger partial charge in [0.1, 0.15) is 5.82 Å². The maximum atomic E-state index is 13.3. The predicted molar refractivity (Wildman–Crippen MR) is 92.5 cm³/mol. The van der Waals surface area contributed by atoms with Crippen molar-refractivity contribution in [2.75, 3.05) is 13.1 Å². The van der Waals surface area contributed by atoms with Crippen molar-refractivity contribution >= 4 is 11.9 Å². The minimum absolute atomic E-state index is 0.130. The van der Waals surface area contributed by atoms with Crippen LogP contribution < -0.4 is 0 Å². The van der Waals surface area contributed by atoms with Crippen LogP contribution in [0.5, 0.6) is 0 Å². The number of rotatable bonds is 4. The molecule has 4 nitrogen and oxygen atoms in total. The van der Waals surface area contributed by atoms with Gasteiger partial charge in [-0.1, -0.05) is 18.6 Å². The van der Waals surface area contributed by atoms with Gasteiger partial charge in [0, 0.05) is 19.0 Å². The van der Waals surface area contributed by atoms with Gasteiger partial charge in [-0.2, -0.15) is 0 Å². The van der Waals surface area contributed by atoms with E-state index in [1.54, 1.807) is 12.1 Å². The number of nitrogens with zero attached hydrogens (tertiary/aromatic N) is 1. The summed E-state index contributed by atoms with van der Waals surface area (Å²) in [6.45, 7) is 1.46. The maximum Gasteiger partial charge on any atom is 0.306 e. The molecule has 1 heterocycles. The van der Waals surface area contributed by atoms with Crippen molar-refractivity contribution in [2.45, 2.75) is 44.9 Å². The van der Waals surface area contributed by atoms with Gasteiger partial charge in [0.2, 0.25) is 5.91 Å². The Morgan fingerprint density at radius 2 is 1.84 bits per heavy atom. The zero-order chi connectivity index (χ0) is 17.8. The Morgan fingerprint density at radius 1 is 1.12 bits per heavy atom. The summed E-state index contributed by atoms with van der Waals surface area (Å²) < 4.78 is 13.3. The van der Waals surface area contributed by atoms with Crippen LogP contribution in [0, 0.1) is 23.6 Å². The Kier molecular flexibility index (Phi) is 5.71. The Morgan fingerprint density at radius 3 is 2.52 bits per heavy atom. The van der Waals surface area contributed by atoms with Crippen molar-refractivity contribution < 1.29 is 19.1 Å². The topological polar surface area (TPSA) is 57.6 Å². The van der Waals surface area contributed by atoms with Gasteiger partial charge >= 0.3 is 5.97 Å². The molecule has 0 spiro atoms. The molecule has 2 atom stereocenters. The second-order valence-electron chi connectivity index (χ2n) is 7.50. The molecular formula is C20H26FNO3. The number of carbonyl (C=O) groups excluding carboxylic acids is 1. The molecule has 2 aliphatic rings. The van der Waals surface area contributed by atoms with Crippen LogP contribution >= 0.6 is 0 Å². The van der Waals surface area contributed by atoms with Gasteiger partial charge in [0.15, 0.2) is 0 Å². The molecule has 1 saturated heterocycles. The minimum atomic E-state index is -0.772. The highest BCUT2D eigenvalue weighted by Gasteiger charge is 2.34. The van der Waals surface area contributed by atoms with E-state index in [0.717, 1.165) is 50.8 Å². The van der Waals surface area contributed by atoms with Crippen LogP contribution in [0.25, 0.3) is 0 Å². The number of likely N-dealkylation sites (tertiary alicyclic amines) is 1. The number of amides is 1. The molecule has 1 saturated carbocycles. The second kappa shape index (κ2) is 7.98. The quantitative estimate of drug-likeness (QED) is 0.907. The van der Waals surface area contributed by atoms with Crippen LogP contribution in [0.1, 0.15) is 44.1 Å². The lowest BCUT2D eigenvalue weighted by atomic mass is 9.80. The number of carboxylic acids is 1. The summed E-state index contributed by atoms with van der Waals surface area (Å²) in [7, 11) is 0. The van der Waals surface area contributed by atoms with Gasteiger partial charge < -0.3 is 10.0 Å². The fourth-order valence-electron chi connectivity index (χ4n) is 4.25. The molecule has 1 N–H and O–H groups in total. The molecule has 136 valence electrons. The smallest absolute Gasteiger partial charge is 0.306 e. The van der Waals surface area contributed by atoms with Gasteiger partial charge in [0.05, 0.1) is 5.92 Å². The molecule has 2 unspecified atom stereocenters. The summed E-state index contributed by atoms with van der Waals surface area (Å²) in [6, 6.07) is 6.74. The minimum Gasteiger partial charge on any atom is -0.481 e. The first-order valence-electron chi connectivity index (χ1n) is 9.29. The predicted octanol–water partition coefficient (Wildman–Crippen LogP) is 3.50. The Labute approximate surface area is 148 Å².